The minimum absolute atomic E-state index is 0.413. The van der Waals surface area contributed by atoms with Gasteiger partial charge in [-0.3, -0.25) is 4.79 Å². The van der Waals surface area contributed by atoms with Gasteiger partial charge in [0.2, 0.25) is 5.91 Å². The van der Waals surface area contributed by atoms with Crippen molar-refractivity contribution in [2.24, 2.45) is 5.73 Å². The molecule has 1 aliphatic carbocycles. The summed E-state index contributed by atoms with van der Waals surface area (Å²) in [6, 6.07) is 1.81. The van der Waals surface area contributed by atoms with Gasteiger partial charge in [0, 0.05) is 18.5 Å². The van der Waals surface area contributed by atoms with Gasteiger partial charge in [0.1, 0.15) is 23.0 Å². The third kappa shape index (κ3) is 3.33. The van der Waals surface area contributed by atoms with Crippen molar-refractivity contribution in [1.29, 1.82) is 0 Å². The zero-order chi connectivity index (χ0) is 14.0. The summed E-state index contributed by atoms with van der Waals surface area (Å²) >= 11 is 0. The first-order valence-corrected chi connectivity index (χ1v) is 6.63. The Morgan fingerprint density at radius 3 is 2.58 bits per heavy atom. The molecule has 1 heterocycles. The van der Waals surface area contributed by atoms with E-state index in [-0.39, 0.29) is 0 Å². The molecule has 1 fully saturated rings. The number of nitrogens with one attached hydrogen (secondary N) is 2. The molecule has 1 saturated carbocycles. The Bertz CT molecular complexity index is 482. The minimum Gasteiger partial charge on any atom is -0.370 e. The molecule has 0 unspecified atom stereocenters. The van der Waals surface area contributed by atoms with Gasteiger partial charge in [0.05, 0.1) is 0 Å². The smallest absolute Gasteiger partial charge is 0.242 e. The number of carbonyl (C=O) groups excluding carboxylic acids is 1. The van der Waals surface area contributed by atoms with E-state index in [0.29, 0.717) is 11.7 Å². The van der Waals surface area contributed by atoms with E-state index in [0.717, 1.165) is 31.0 Å². The fourth-order valence-electron chi connectivity index (χ4n) is 1.71. The quantitative estimate of drug-likeness (QED) is 0.722. The SMILES string of the molecule is CCNc1cc(NC(C)(C)C(N)=O)nc(C2CC2)n1. The molecule has 19 heavy (non-hydrogen) atoms. The van der Waals surface area contributed by atoms with Crippen LogP contribution in [0.15, 0.2) is 6.07 Å². The third-order valence-corrected chi connectivity index (χ3v) is 3.10. The van der Waals surface area contributed by atoms with E-state index in [4.69, 9.17) is 5.73 Å². The van der Waals surface area contributed by atoms with Gasteiger partial charge in [0.25, 0.3) is 0 Å². The van der Waals surface area contributed by atoms with Crippen LogP contribution in [0, 0.1) is 0 Å². The monoisotopic (exact) mass is 263 g/mol. The van der Waals surface area contributed by atoms with Crippen LogP contribution in [0.5, 0.6) is 0 Å². The number of carbonyl (C=O) groups is 1. The molecule has 0 aliphatic heterocycles. The van der Waals surface area contributed by atoms with Crippen LogP contribution in [0.2, 0.25) is 0 Å². The molecule has 0 spiro atoms. The third-order valence-electron chi connectivity index (χ3n) is 3.10. The van der Waals surface area contributed by atoms with Crippen LogP contribution in [0.3, 0.4) is 0 Å². The van der Waals surface area contributed by atoms with Crippen LogP contribution in [0.25, 0.3) is 0 Å². The average molecular weight is 263 g/mol. The molecular formula is C13H21N5O. The van der Waals surface area contributed by atoms with Crippen molar-refractivity contribution in [3.8, 4) is 0 Å². The summed E-state index contributed by atoms with van der Waals surface area (Å²) < 4.78 is 0. The van der Waals surface area contributed by atoms with E-state index in [1.165, 1.54) is 0 Å². The molecule has 0 aromatic carbocycles. The molecule has 0 atom stereocenters. The second kappa shape index (κ2) is 5.03. The van der Waals surface area contributed by atoms with Crippen molar-refractivity contribution in [2.45, 2.75) is 45.1 Å². The fraction of sp³-hybridized carbons (Fsp3) is 0.615. The highest BCUT2D eigenvalue weighted by molar-refractivity contribution is 5.86. The lowest BCUT2D eigenvalue weighted by Crippen LogP contribution is -2.45. The number of aromatic nitrogens is 2. The molecule has 1 aromatic rings. The maximum absolute atomic E-state index is 11.4. The van der Waals surface area contributed by atoms with E-state index < -0.39 is 11.4 Å². The number of hydrogen-bond donors (Lipinski definition) is 3. The number of nitrogens with zero attached hydrogens (tertiary/aromatic N) is 2. The number of anilines is 2. The van der Waals surface area contributed by atoms with Gasteiger partial charge in [-0.1, -0.05) is 0 Å². The topological polar surface area (TPSA) is 92.9 Å². The van der Waals surface area contributed by atoms with Crippen LogP contribution in [0.4, 0.5) is 11.6 Å². The molecule has 6 heteroatoms. The Morgan fingerprint density at radius 2 is 2.05 bits per heavy atom. The van der Waals surface area contributed by atoms with Gasteiger partial charge in [0.15, 0.2) is 0 Å². The predicted molar refractivity (Wildman–Crippen MR) is 75.1 cm³/mol. The highest BCUT2D eigenvalue weighted by Crippen LogP contribution is 2.39. The lowest BCUT2D eigenvalue weighted by atomic mass is 10.1. The minimum atomic E-state index is -0.835. The van der Waals surface area contributed by atoms with Gasteiger partial charge in [-0.05, 0) is 33.6 Å². The standard InChI is InChI=1S/C13H21N5O/c1-4-15-9-7-10(18-13(2,3)12(14)19)17-11(16-9)8-5-6-8/h7-8H,4-6H2,1-3H3,(H2,14,19)(H2,15,16,17,18). The van der Waals surface area contributed by atoms with Crippen LogP contribution in [0.1, 0.15) is 45.4 Å². The number of amides is 1. The molecule has 0 bridgehead atoms. The molecule has 4 N–H and O–H groups in total. The van der Waals surface area contributed by atoms with Gasteiger partial charge in [-0.2, -0.15) is 0 Å². The Hall–Kier alpha value is -1.85. The second-order valence-corrected chi connectivity index (χ2v) is 5.42. The molecule has 104 valence electrons. The van der Waals surface area contributed by atoms with Crippen molar-refractivity contribution in [2.75, 3.05) is 17.2 Å². The summed E-state index contributed by atoms with van der Waals surface area (Å²) in [6.07, 6.45) is 2.27. The van der Waals surface area contributed by atoms with Crippen molar-refractivity contribution in [3.05, 3.63) is 11.9 Å². The molecule has 1 amide bonds. The number of rotatable bonds is 6. The Labute approximate surface area is 113 Å². The fourth-order valence-corrected chi connectivity index (χ4v) is 1.71. The van der Waals surface area contributed by atoms with Gasteiger partial charge >= 0.3 is 0 Å². The first kappa shape index (κ1) is 13.6. The normalized spacial score (nSPS) is 15.1. The highest BCUT2D eigenvalue weighted by Gasteiger charge is 2.29. The molecular weight excluding hydrogens is 242 g/mol. The highest BCUT2D eigenvalue weighted by atomic mass is 16.1. The average Bonchev–Trinajstić information content (AvgIpc) is 3.11. The lowest BCUT2D eigenvalue weighted by molar-refractivity contribution is -0.121. The zero-order valence-electron chi connectivity index (χ0n) is 11.7. The molecule has 1 aliphatic rings. The number of primary amides is 1. The molecule has 6 nitrogen and oxygen atoms in total. The van der Waals surface area contributed by atoms with Crippen molar-refractivity contribution in [3.63, 3.8) is 0 Å². The number of nitrogens with two attached hydrogens (primary N) is 1. The van der Waals surface area contributed by atoms with Crippen LogP contribution < -0.4 is 16.4 Å². The van der Waals surface area contributed by atoms with Crippen LogP contribution in [-0.2, 0) is 4.79 Å². The Kier molecular flexibility index (Phi) is 3.59. The summed E-state index contributed by atoms with van der Waals surface area (Å²) in [5.74, 6) is 2.29. The van der Waals surface area contributed by atoms with E-state index in [9.17, 15) is 4.79 Å². The summed E-state index contributed by atoms with van der Waals surface area (Å²) in [4.78, 5) is 20.3. The van der Waals surface area contributed by atoms with Crippen LogP contribution >= 0.6 is 0 Å². The van der Waals surface area contributed by atoms with E-state index in [1.807, 2.05) is 6.92 Å². The maximum atomic E-state index is 11.4. The molecule has 2 rings (SSSR count). The first-order chi connectivity index (χ1) is 8.92. The van der Waals surface area contributed by atoms with Crippen molar-refractivity contribution in [1.82, 2.24) is 9.97 Å². The van der Waals surface area contributed by atoms with Gasteiger partial charge in [-0.25, -0.2) is 9.97 Å². The lowest BCUT2D eigenvalue weighted by Gasteiger charge is -2.23. The summed E-state index contributed by atoms with van der Waals surface area (Å²) in [5, 5.41) is 6.25. The zero-order valence-corrected chi connectivity index (χ0v) is 11.7. The van der Waals surface area contributed by atoms with Crippen molar-refractivity contribution >= 4 is 17.5 Å². The van der Waals surface area contributed by atoms with E-state index in [1.54, 1.807) is 19.9 Å². The summed E-state index contributed by atoms with van der Waals surface area (Å²) in [6.45, 7) is 6.28. The number of hydrogen-bond acceptors (Lipinski definition) is 5. The Balaban J connectivity index is 2.25. The largest absolute Gasteiger partial charge is 0.370 e. The molecule has 0 radical (unpaired) electrons. The van der Waals surface area contributed by atoms with Crippen molar-refractivity contribution < 1.29 is 4.79 Å². The second-order valence-electron chi connectivity index (χ2n) is 5.42. The van der Waals surface area contributed by atoms with Gasteiger partial charge in [-0.15, -0.1) is 0 Å². The first-order valence-electron chi connectivity index (χ1n) is 6.63. The molecule has 1 aromatic heterocycles. The predicted octanol–water partition coefficient (Wildman–Crippen LogP) is 1.46. The molecule has 0 saturated heterocycles. The Morgan fingerprint density at radius 1 is 1.42 bits per heavy atom. The van der Waals surface area contributed by atoms with Crippen LogP contribution in [-0.4, -0.2) is 28.0 Å². The maximum Gasteiger partial charge on any atom is 0.242 e. The van der Waals surface area contributed by atoms with E-state index in [2.05, 4.69) is 20.6 Å². The summed E-state index contributed by atoms with van der Waals surface area (Å²) in [5.41, 5.74) is 4.53. The summed E-state index contributed by atoms with van der Waals surface area (Å²) in [7, 11) is 0. The van der Waals surface area contributed by atoms with E-state index >= 15 is 0 Å². The van der Waals surface area contributed by atoms with Gasteiger partial charge < -0.3 is 16.4 Å².